The molecular weight excluding hydrogens is 316 g/mol. The molecule has 1 amide bonds. The minimum Gasteiger partial charge on any atom is -0.393 e. The van der Waals surface area contributed by atoms with Crippen LogP contribution in [0.3, 0.4) is 0 Å². The van der Waals surface area contributed by atoms with Crippen LogP contribution in [-0.4, -0.2) is 46.2 Å². The first-order valence-electron chi connectivity index (χ1n) is 9.26. The van der Waals surface area contributed by atoms with E-state index in [1.54, 1.807) is 0 Å². The zero-order valence-electron chi connectivity index (χ0n) is 14.6. The lowest BCUT2D eigenvalue weighted by Gasteiger charge is -2.43. The number of hydrogen-bond acceptors (Lipinski definition) is 4. The van der Waals surface area contributed by atoms with E-state index in [-0.39, 0.29) is 18.1 Å². The van der Waals surface area contributed by atoms with Crippen molar-refractivity contribution in [3.05, 3.63) is 29.6 Å². The Labute approximate surface area is 147 Å². The summed E-state index contributed by atoms with van der Waals surface area (Å²) in [5.74, 6) is 1.07. The van der Waals surface area contributed by atoms with Crippen LogP contribution in [0.2, 0.25) is 0 Å². The first-order chi connectivity index (χ1) is 12.1. The molecule has 6 nitrogen and oxygen atoms in total. The summed E-state index contributed by atoms with van der Waals surface area (Å²) in [5, 5.41) is 16.3. The normalized spacial score (nSPS) is 25.5. The van der Waals surface area contributed by atoms with Crippen LogP contribution in [0, 0.1) is 18.8 Å². The van der Waals surface area contributed by atoms with Crippen LogP contribution in [0.5, 0.6) is 0 Å². The maximum atomic E-state index is 12.8. The predicted molar refractivity (Wildman–Crippen MR) is 96.4 cm³/mol. The number of aryl methyl sites for hydroxylation is 1. The number of imidazole rings is 1. The van der Waals surface area contributed by atoms with Crippen molar-refractivity contribution in [2.45, 2.75) is 44.8 Å². The number of rotatable bonds is 4. The molecule has 4 rings (SSSR count). The minimum absolute atomic E-state index is 0.118. The van der Waals surface area contributed by atoms with E-state index in [1.165, 1.54) is 0 Å². The second kappa shape index (κ2) is 6.77. The number of benzene rings is 1. The second-order valence-corrected chi connectivity index (χ2v) is 7.58. The van der Waals surface area contributed by atoms with Crippen LogP contribution in [0.25, 0.3) is 11.0 Å². The molecule has 2 heterocycles. The third-order valence-electron chi connectivity index (χ3n) is 5.70. The summed E-state index contributed by atoms with van der Waals surface area (Å²) < 4.78 is 0. The number of hydrogen-bond donors (Lipinski definition) is 4. The number of nitrogens with one attached hydrogen (secondary N) is 3. The van der Waals surface area contributed by atoms with Gasteiger partial charge in [0.15, 0.2) is 5.82 Å². The number of H-pyrrole nitrogens is 1. The standard InChI is InChI=1S/C19H26N4O2/c1-11-2-3-15-16(8-11)22-18(21-15)19(25)23-17(13-9-14(24)10-13)12-4-6-20-7-5-12/h2-3,8,12-14,17,20,24H,4-7,9-10H2,1H3,(H,21,22)(H,23,25)/t13?,14?,17-/m1/s1. The highest BCUT2D eigenvalue weighted by atomic mass is 16.3. The highest BCUT2D eigenvalue weighted by molar-refractivity contribution is 5.94. The Morgan fingerprint density at radius 2 is 2.04 bits per heavy atom. The van der Waals surface area contributed by atoms with Crippen molar-refractivity contribution in [3.8, 4) is 0 Å². The van der Waals surface area contributed by atoms with Crippen LogP contribution in [0.1, 0.15) is 41.9 Å². The van der Waals surface area contributed by atoms with Crippen molar-refractivity contribution in [2.24, 2.45) is 11.8 Å². The fourth-order valence-corrected chi connectivity index (χ4v) is 4.20. The van der Waals surface area contributed by atoms with Crippen molar-refractivity contribution in [1.29, 1.82) is 0 Å². The number of nitrogens with zero attached hydrogens (tertiary/aromatic N) is 1. The summed E-state index contributed by atoms with van der Waals surface area (Å²) in [6.07, 6.45) is 3.50. The van der Waals surface area contributed by atoms with Gasteiger partial charge >= 0.3 is 0 Å². The number of aliphatic hydroxyl groups is 1. The highest BCUT2D eigenvalue weighted by Gasteiger charge is 2.39. The van der Waals surface area contributed by atoms with E-state index in [1.807, 2.05) is 25.1 Å². The largest absolute Gasteiger partial charge is 0.393 e. The monoisotopic (exact) mass is 342 g/mol. The number of aromatic nitrogens is 2. The molecule has 0 spiro atoms. The van der Waals surface area contributed by atoms with E-state index in [9.17, 15) is 9.90 Å². The molecule has 0 unspecified atom stereocenters. The molecule has 0 radical (unpaired) electrons. The van der Waals surface area contributed by atoms with Gasteiger partial charge in [0, 0.05) is 6.04 Å². The highest BCUT2D eigenvalue weighted by Crippen LogP contribution is 2.35. The SMILES string of the molecule is Cc1ccc2nc(C(=O)N[C@H](C3CCNCC3)C3CC(O)C3)[nH]c2c1. The van der Waals surface area contributed by atoms with Crippen molar-refractivity contribution >= 4 is 16.9 Å². The number of carbonyl (C=O) groups is 1. The van der Waals surface area contributed by atoms with Gasteiger partial charge < -0.3 is 20.7 Å². The Hall–Kier alpha value is -1.92. The second-order valence-electron chi connectivity index (χ2n) is 7.58. The molecule has 2 fully saturated rings. The third-order valence-corrected chi connectivity index (χ3v) is 5.70. The summed E-state index contributed by atoms with van der Waals surface area (Å²) >= 11 is 0. The van der Waals surface area contributed by atoms with Gasteiger partial charge in [-0.1, -0.05) is 6.07 Å². The average molecular weight is 342 g/mol. The van der Waals surface area contributed by atoms with E-state index in [0.717, 1.165) is 55.4 Å². The molecule has 0 bridgehead atoms. The van der Waals surface area contributed by atoms with Crippen molar-refractivity contribution in [3.63, 3.8) is 0 Å². The summed E-state index contributed by atoms with van der Waals surface area (Å²) in [6, 6.07) is 6.06. The number of fused-ring (bicyclic) bond motifs is 1. The fraction of sp³-hybridized carbons (Fsp3) is 0.579. The molecule has 1 saturated carbocycles. The predicted octanol–water partition coefficient (Wildman–Crippen LogP) is 1.74. The maximum Gasteiger partial charge on any atom is 0.287 e. The Kier molecular flexibility index (Phi) is 4.48. The summed E-state index contributed by atoms with van der Waals surface area (Å²) in [5.41, 5.74) is 2.84. The van der Waals surface area contributed by atoms with Crippen molar-refractivity contribution < 1.29 is 9.90 Å². The average Bonchev–Trinajstić information content (AvgIpc) is 3.01. The quantitative estimate of drug-likeness (QED) is 0.681. The first kappa shape index (κ1) is 16.5. The smallest absolute Gasteiger partial charge is 0.287 e. The Bertz CT molecular complexity index is 760. The van der Waals surface area contributed by atoms with Crippen LogP contribution < -0.4 is 10.6 Å². The number of piperidine rings is 1. The molecule has 2 aliphatic rings. The minimum atomic E-state index is -0.208. The van der Waals surface area contributed by atoms with E-state index < -0.39 is 0 Å². The van der Waals surface area contributed by atoms with Gasteiger partial charge in [-0.2, -0.15) is 0 Å². The number of aliphatic hydroxyl groups excluding tert-OH is 1. The number of carbonyl (C=O) groups excluding carboxylic acids is 1. The number of aromatic amines is 1. The molecule has 25 heavy (non-hydrogen) atoms. The van der Waals surface area contributed by atoms with Crippen molar-refractivity contribution in [2.75, 3.05) is 13.1 Å². The van der Waals surface area contributed by atoms with E-state index >= 15 is 0 Å². The summed E-state index contributed by atoms with van der Waals surface area (Å²) in [4.78, 5) is 20.4. The van der Waals surface area contributed by atoms with Gasteiger partial charge in [0.25, 0.3) is 5.91 Å². The van der Waals surface area contributed by atoms with Gasteiger partial charge in [0.1, 0.15) is 0 Å². The first-order valence-corrected chi connectivity index (χ1v) is 9.26. The van der Waals surface area contributed by atoms with Gasteiger partial charge in [-0.3, -0.25) is 4.79 Å². The zero-order valence-corrected chi connectivity index (χ0v) is 14.6. The Balaban J connectivity index is 1.52. The zero-order chi connectivity index (χ0) is 17.4. The fourth-order valence-electron chi connectivity index (χ4n) is 4.20. The van der Waals surface area contributed by atoms with E-state index in [4.69, 9.17) is 0 Å². The van der Waals surface area contributed by atoms with Gasteiger partial charge in [0.05, 0.1) is 17.1 Å². The van der Waals surface area contributed by atoms with Gasteiger partial charge in [-0.25, -0.2) is 4.98 Å². The Morgan fingerprint density at radius 1 is 1.28 bits per heavy atom. The van der Waals surface area contributed by atoms with E-state index in [0.29, 0.717) is 17.7 Å². The summed E-state index contributed by atoms with van der Waals surface area (Å²) in [6.45, 7) is 4.02. The molecule has 1 aliphatic heterocycles. The van der Waals surface area contributed by atoms with Crippen molar-refractivity contribution in [1.82, 2.24) is 20.6 Å². The molecule has 134 valence electrons. The number of amides is 1. The Morgan fingerprint density at radius 3 is 2.76 bits per heavy atom. The van der Waals surface area contributed by atoms with Crippen LogP contribution >= 0.6 is 0 Å². The lowest BCUT2D eigenvalue weighted by Crippen LogP contribution is -2.53. The van der Waals surface area contributed by atoms with Crippen LogP contribution in [0.4, 0.5) is 0 Å². The lowest BCUT2D eigenvalue weighted by atomic mass is 9.71. The molecule has 1 aliphatic carbocycles. The third kappa shape index (κ3) is 3.41. The van der Waals surface area contributed by atoms with Crippen LogP contribution in [-0.2, 0) is 0 Å². The molecule has 6 heteroatoms. The molecule has 1 aromatic heterocycles. The lowest BCUT2D eigenvalue weighted by molar-refractivity contribution is 0.00908. The molecule has 1 aromatic carbocycles. The van der Waals surface area contributed by atoms with Gasteiger partial charge in [-0.05, 0) is 75.2 Å². The topological polar surface area (TPSA) is 90.0 Å². The molecule has 1 atom stereocenters. The van der Waals surface area contributed by atoms with E-state index in [2.05, 4.69) is 20.6 Å². The molecule has 1 saturated heterocycles. The van der Waals surface area contributed by atoms with Gasteiger partial charge in [0.2, 0.25) is 0 Å². The maximum absolute atomic E-state index is 12.8. The van der Waals surface area contributed by atoms with Crippen LogP contribution in [0.15, 0.2) is 18.2 Å². The molecule has 4 N–H and O–H groups in total. The molecule has 2 aromatic rings. The molecular formula is C19H26N4O2. The van der Waals surface area contributed by atoms with Gasteiger partial charge in [-0.15, -0.1) is 0 Å². The summed E-state index contributed by atoms with van der Waals surface area (Å²) in [7, 11) is 0.